The maximum atomic E-state index is 13.6. The second-order valence-corrected chi connectivity index (χ2v) is 7.68. The topological polar surface area (TPSA) is 70.6 Å². The molecule has 0 saturated carbocycles. The molecule has 0 spiro atoms. The van der Waals surface area contributed by atoms with E-state index in [1.807, 2.05) is 0 Å². The summed E-state index contributed by atoms with van der Waals surface area (Å²) in [5.41, 5.74) is 0.180. The third-order valence-electron chi connectivity index (χ3n) is 3.66. The fourth-order valence-electron chi connectivity index (χ4n) is 2.29. The zero-order valence-corrected chi connectivity index (χ0v) is 15.2. The van der Waals surface area contributed by atoms with Crippen molar-refractivity contribution in [2.45, 2.75) is 17.9 Å². The van der Waals surface area contributed by atoms with Gasteiger partial charge in [-0.15, -0.1) is 0 Å². The molecule has 0 heterocycles. The zero-order chi connectivity index (χ0) is 19.0. The van der Waals surface area contributed by atoms with Crippen LogP contribution in [0.4, 0.5) is 8.78 Å². The smallest absolute Gasteiger partial charge is 0.191 e. The van der Waals surface area contributed by atoms with Gasteiger partial charge in [-0.3, -0.25) is 4.99 Å². The SMILES string of the molecule is CN=C(NCCCS(=O)(=O)c1ccccc1)NCc1cc(F)ccc1F. The number of rotatable bonds is 7. The predicted octanol–water partition coefficient (Wildman–Crippen LogP) is 2.49. The highest BCUT2D eigenvalue weighted by molar-refractivity contribution is 7.91. The number of nitrogens with zero attached hydrogens (tertiary/aromatic N) is 1. The van der Waals surface area contributed by atoms with Gasteiger partial charge in [-0.2, -0.15) is 0 Å². The van der Waals surface area contributed by atoms with E-state index in [1.165, 1.54) is 7.05 Å². The van der Waals surface area contributed by atoms with Gasteiger partial charge in [-0.1, -0.05) is 18.2 Å². The molecule has 0 aliphatic rings. The van der Waals surface area contributed by atoms with E-state index in [0.29, 0.717) is 23.8 Å². The van der Waals surface area contributed by atoms with Gasteiger partial charge in [0.2, 0.25) is 0 Å². The lowest BCUT2D eigenvalue weighted by molar-refractivity contribution is 0.580. The first-order valence-electron chi connectivity index (χ1n) is 8.08. The molecule has 140 valence electrons. The van der Waals surface area contributed by atoms with E-state index in [0.717, 1.165) is 18.2 Å². The summed E-state index contributed by atoms with van der Waals surface area (Å²) in [6, 6.07) is 11.5. The van der Waals surface area contributed by atoms with Crippen LogP contribution in [0.15, 0.2) is 58.4 Å². The van der Waals surface area contributed by atoms with Gasteiger partial charge in [-0.05, 0) is 36.8 Å². The molecule has 0 aliphatic carbocycles. The molecule has 0 fully saturated rings. The molecule has 0 radical (unpaired) electrons. The van der Waals surface area contributed by atoms with E-state index in [2.05, 4.69) is 15.6 Å². The number of nitrogens with one attached hydrogen (secondary N) is 2. The lowest BCUT2D eigenvalue weighted by Crippen LogP contribution is -2.38. The van der Waals surface area contributed by atoms with Crippen molar-refractivity contribution in [1.82, 2.24) is 10.6 Å². The summed E-state index contributed by atoms with van der Waals surface area (Å²) in [6.45, 7) is 0.433. The lowest BCUT2D eigenvalue weighted by Gasteiger charge is -2.12. The fourth-order valence-corrected chi connectivity index (χ4v) is 3.62. The molecule has 8 heteroatoms. The Balaban J connectivity index is 1.80. The molecule has 0 atom stereocenters. The Morgan fingerprint density at radius 3 is 2.50 bits per heavy atom. The number of hydrogen-bond donors (Lipinski definition) is 2. The summed E-state index contributed by atoms with van der Waals surface area (Å²) in [5.74, 6) is -0.647. The maximum Gasteiger partial charge on any atom is 0.191 e. The summed E-state index contributed by atoms with van der Waals surface area (Å²) in [5, 5.41) is 5.82. The van der Waals surface area contributed by atoms with Crippen molar-refractivity contribution < 1.29 is 17.2 Å². The molecule has 26 heavy (non-hydrogen) atoms. The van der Waals surface area contributed by atoms with Crippen LogP contribution in [0.25, 0.3) is 0 Å². The number of hydrogen-bond acceptors (Lipinski definition) is 3. The summed E-state index contributed by atoms with van der Waals surface area (Å²) >= 11 is 0. The van der Waals surface area contributed by atoms with Gasteiger partial charge in [0.15, 0.2) is 15.8 Å². The van der Waals surface area contributed by atoms with Crippen molar-refractivity contribution in [3.05, 3.63) is 65.7 Å². The first kappa shape index (κ1) is 19.8. The van der Waals surface area contributed by atoms with E-state index in [-0.39, 0.29) is 17.9 Å². The van der Waals surface area contributed by atoms with Crippen molar-refractivity contribution >= 4 is 15.8 Å². The molecule has 0 unspecified atom stereocenters. The summed E-state index contributed by atoms with van der Waals surface area (Å²) in [7, 11) is -1.78. The minimum Gasteiger partial charge on any atom is -0.356 e. The van der Waals surface area contributed by atoms with E-state index in [9.17, 15) is 17.2 Å². The Bertz CT molecular complexity index is 856. The average Bonchev–Trinajstić information content (AvgIpc) is 2.64. The molecular formula is C18H21F2N3O2S. The van der Waals surface area contributed by atoms with Crippen LogP contribution in [0, 0.1) is 11.6 Å². The molecule has 0 aromatic heterocycles. The number of sulfone groups is 1. The minimum absolute atomic E-state index is 0.000464. The van der Waals surface area contributed by atoms with Crippen molar-refractivity contribution in [2.75, 3.05) is 19.3 Å². The van der Waals surface area contributed by atoms with E-state index in [1.54, 1.807) is 30.3 Å². The van der Waals surface area contributed by atoms with Crippen LogP contribution in [-0.2, 0) is 16.4 Å². The van der Waals surface area contributed by atoms with Gasteiger partial charge in [0.25, 0.3) is 0 Å². The molecule has 2 rings (SSSR count). The Kier molecular flexibility index (Phi) is 7.08. The predicted molar refractivity (Wildman–Crippen MR) is 97.7 cm³/mol. The first-order chi connectivity index (χ1) is 12.4. The summed E-state index contributed by atoms with van der Waals surface area (Å²) in [4.78, 5) is 4.27. The third kappa shape index (κ3) is 5.80. The van der Waals surface area contributed by atoms with Gasteiger partial charge < -0.3 is 10.6 Å². The van der Waals surface area contributed by atoms with Crippen molar-refractivity contribution in [3.63, 3.8) is 0 Å². The van der Waals surface area contributed by atoms with Crippen molar-refractivity contribution in [2.24, 2.45) is 4.99 Å². The first-order valence-corrected chi connectivity index (χ1v) is 9.74. The van der Waals surface area contributed by atoms with Crippen LogP contribution >= 0.6 is 0 Å². The molecule has 0 saturated heterocycles. The van der Waals surface area contributed by atoms with Gasteiger partial charge in [0, 0.05) is 25.7 Å². The van der Waals surface area contributed by atoms with Crippen LogP contribution in [0.3, 0.4) is 0 Å². The van der Waals surface area contributed by atoms with Crippen LogP contribution < -0.4 is 10.6 Å². The Hall–Kier alpha value is -2.48. The highest BCUT2D eigenvalue weighted by Gasteiger charge is 2.13. The molecule has 2 N–H and O–H groups in total. The minimum atomic E-state index is -3.32. The highest BCUT2D eigenvalue weighted by atomic mass is 32.2. The van der Waals surface area contributed by atoms with Gasteiger partial charge in [0.05, 0.1) is 10.6 Å². The monoisotopic (exact) mass is 381 g/mol. The van der Waals surface area contributed by atoms with Gasteiger partial charge in [-0.25, -0.2) is 17.2 Å². The highest BCUT2D eigenvalue weighted by Crippen LogP contribution is 2.11. The Morgan fingerprint density at radius 2 is 1.81 bits per heavy atom. The third-order valence-corrected chi connectivity index (χ3v) is 5.48. The summed E-state index contributed by atoms with van der Waals surface area (Å²) < 4.78 is 51.1. The normalized spacial score (nSPS) is 12.0. The number of halogens is 2. The summed E-state index contributed by atoms with van der Waals surface area (Å²) in [6.07, 6.45) is 0.381. The number of guanidine groups is 1. The Morgan fingerprint density at radius 1 is 1.08 bits per heavy atom. The van der Waals surface area contributed by atoms with Gasteiger partial charge in [0.1, 0.15) is 11.6 Å². The molecule has 2 aromatic rings. The number of benzene rings is 2. The van der Waals surface area contributed by atoms with Crippen LogP contribution in [0.2, 0.25) is 0 Å². The van der Waals surface area contributed by atoms with Crippen LogP contribution in [0.5, 0.6) is 0 Å². The van der Waals surface area contributed by atoms with Crippen LogP contribution in [0.1, 0.15) is 12.0 Å². The van der Waals surface area contributed by atoms with Gasteiger partial charge >= 0.3 is 0 Å². The van der Waals surface area contributed by atoms with E-state index < -0.39 is 21.5 Å². The lowest BCUT2D eigenvalue weighted by atomic mass is 10.2. The molecule has 0 aliphatic heterocycles. The number of aliphatic imine (C=N–C) groups is 1. The largest absolute Gasteiger partial charge is 0.356 e. The maximum absolute atomic E-state index is 13.6. The second kappa shape index (κ2) is 9.28. The van der Waals surface area contributed by atoms with E-state index in [4.69, 9.17) is 0 Å². The van der Waals surface area contributed by atoms with Crippen LogP contribution in [-0.4, -0.2) is 33.7 Å². The van der Waals surface area contributed by atoms with Crippen molar-refractivity contribution in [3.8, 4) is 0 Å². The second-order valence-electron chi connectivity index (χ2n) is 5.57. The molecule has 5 nitrogen and oxygen atoms in total. The fraction of sp³-hybridized carbons (Fsp3) is 0.278. The standard InChI is InChI=1S/C18H21F2N3O2S/c1-21-18(23-13-14-12-15(19)8-9-17(14)20)22-10-5-11-26(24,25)16-6-3-2-4-7-16/h2-4,6-9,12H,5,10-11,13H2,1H3,(H2,21,22,23). The molecule has 2 aromatic carbocycles. The quantitative estimate of drug-likeness (QED) is 0.439. The van der Waals surface area contributed by atoms with Crippen molar-refractivity contribution in [1.29, 1.82) is 0 Å². The average molecular weight is 381 g/mol. The Labute approximate surface area is 152 Å². The molecular weight excluding hydrogens is 360 g/mol. The zero-order valence-electron chi connectivity index (χ0n) is 14.4. The van der Waals surface area contributed by atoms with E-state index >= 15 is 0 Å². The molecule has 0 amide bonds. The molecule has 0 bridgehead atoms.